The van der Waals surface area contributed by atoms with Gasteiger partial charge in [0.2, 0.25) is 0 Å². The Morgan fingerprint density at radius 3 is 2.10 bits per heavy atom. The Kier molecular flexibility index (Phi) is 4.88. The van der Waals surface area contributed by atoms with Crippen LogP contribution < -0.4 is 0 Å². The summed E-state index contributed by atoms with van der Waals surface area (Å²) in [6.45, 7) is 10.1. The number of rotatable bonds is 1. The summed E-state index contributed by atoms with van der Waals surface area (Å²) in [7, 11) is 0. The summed E-state index contributed by atoms with van der Waals surface area (Å²) in [4.78, 5) is 29.4. The number of morpholine rings is 1. The van der Waals surface area contributed by atoms with E-state index in [0.29, 0.717) is 26.2 Å². The van der Waals surface area contributed by atoms with Gasteiger partial charge in [-0.15, -0.1) is 0 Å². The summed E-state index contributed by atoms with van der Waals surface area (Å²) in [6.07, 6.45) is 3.19. The molecule has 1 aromatic rings. The molecular weight excluding hydrogens is 368 g/mol. The van der Waals surface area contributed by atoms with Gasteiger partial charge >= 0.3 is 6.09 Å². The zero-order chi connectivity index (χ0) is 20.9. The minimum absolute atomic E-state index is 0.0895. The SMILES string of the molecule is Cc1ccccc1C(=O)N1CC2(CCN(C(=O)OC(C)(C)C)CC2)OC2(CC2)C1. The van der Waals surface area contributed by atoms with Crippen molar-refractivity contribution in [3.8, 4) is 0 Å². The number of likely N-dealkylation sites (tertiary alicyclic amines) is 1. The van der Waals surface area contributed by atoms with Crippen molar-refractivity contribution in [3.63, 3.8) is 0 Å². The lowest BCUT2D eigenvalue weighted by Gasteiger charge is -2.50. The molecule has 2 saturated heterocycles. The second kappa shape index (κ2) is 7.01. The van der Waals surface area contributed by atoms with Crippen LogP contribution in [0.1, 0.15) is 62.4 Å². The van der Waals surface area contributed by atoms with Gasteiger partial charge in [0, 0.05) is 18.7 Å². The van der Waals surface area contributed by atoms with Crippen LogP contribution in [0.5, 0.6) is 0 Å². The standard InChI is InChI=1S/C23H32N2O4/c1-17-7-5-6-8-18(17)19(26)25-15-22(9-10-22)29-23(16-25)11-13-24(14-12-23)20(27)28-21(2,3)4/h5-8H,9-16H2,1-4H3. The van der Waals surface area contributed by atoms with Crippen molar-refractivity contribution in [2.45, 2.75) is 70.2 Å². The Labute approximate surface area is 173 Å². The third-order valence-corrected chi connectivity index (χ3v) is 6.19. The average molecular weight is 401 g/mol. The molecule has 0 aromatic heterocycles. The first-order valence-electron chi connectivity index (χ1n) is 10.6. The Bertz CT molecular complexity index is 801. The second-order valence-electron chi connectivity index (χ2n) is 9.91. The monoisotopic (exact) mass is 400 g/mol. The molecule has 1 aromatic carbocycles. The number of benzene rings is 1. The van der Waals surface area contributed by atoms with Crippen molar-refractivity contribution < 1.29 is 19.1 Å². The molecule has 4 rings (SSSR count). The molecule has 29 heavy (non-hydrogen) atoms. The third-order valence-electron chi connectivity index (χ3n) is 6.19. The predicted molar refractivity (Wildman–Crippen MR) is 110 cm³/mol. The van der Waals surface area contributed by atoms with Crippen LogP contribution >= 0.6 is 0 Å². The first-order valence-corrected chi connectivity index (χ1v) is 10.6. The van der Waals surface area contributed by atoms with Crippen molar-refractivity contribution in [2.75, 3.05) is 26.2 Å². The number of piperidine rings is 1. The summed E-state index contributed by atoms with van der Waals surface area (Å²) >= 11 is 0. The average Bonchev–Trinajstić information content (AvgIpc) is 3.38. The fourth-order valence-corrected chi connectivity index (χ4v) is 4.49. The van der Waals surface area contributed by atoms with E-state index in [1.54, 1.807) is 4.90 Å². The molecule has 3 fully saturated rings. The zero-order valence-corrected chi connectivity index (χ0v) is 18.0. The van der Waals surface area contributed by atoms with Gasteiger partial charge in [0.1, 0.15) is 5.60 Å². The first-order chi connectivity index (χ1) is 13.6. The number of aryl methyl sites for hydroxylation is 1. The lowest BCUT2D eigenvalue weighted by Crippen LogP contribution is -2.62. The van der Waals surface area contributed by atoms with Gasteiger partial charge in [-0.05, 0) is 65.0 Å². The highest BCUT2D eigenvalue weighted by Gasteiger charge is 2.57. The van der Waals surface area contributed by atoms with Gasteiger partial charge in [0.15, 0.2) is 0 Å². The molecule has 6 nitrogen and oxygen atoms in total. The van der Waals surface area contributed by atoms with E-state index in [-0.39, 0.29) is 23.2 Å². The zero-order valence-electron chi connectivity index (χ0n) is 18.0. The van der Waals surface area contributed by atoms with Crippen LogP contribution in [-0.2, 0) is 9.47 Å². The van der Waals surface area contributed by atoms with Crippen LogP contribution in [0.15, 0.2) is 24.3 Å². The van der Waals surface area contributed by atoms with Gasteiger partial charge in [-0.25, -0.2) is 4.79 Å². The maximum absolute atomic E-state index is 13.3. The van der Waals surface area contributed by atoms with E-state index < -0.39 is 5.60 Å². The molecule has 6 heteroatoms. The van der Waals surface area contributed by atoms with E-state index in [0.717, 1.165) is 36.8 Å². The van der Waals surface area contributed by atoms with Crippen molar-refractivity contribution >= 4 is 12.0 Å². The van der Waals surface area contributed by atoms with E-state index in [9.17, 15) is 9.59 Å². The molecule has 0 bridgehead atoms. The Morgan fingerprint density at radius 2 is 1.55 bits per heavy atom. The van der Waals surface area contributed by atoms with Gasteiger partial charge in [0.25, 0.3) is 5.91 Å². The molecule has 3 aliphatic rings. The summed E-state index contributed by atoms with van der Waals surface area (Å²) in [5.74, 6) is 0.0895. The molecule has 1 aliphatic carbocycles. The number of carbonyl (C=O) groups is 2. The van der Waals surface area contributed by atoms with Gasteiger partial charge in [-0.3, -0.25) is 4.79 Å². The minimum atomic E-state index is -0.498. The Hall–Kier alpha value is -2.08. The lowest BCUT2D eigenvalue weighted by atomic mass is 9.88. The number of carbonyl (C=O) groups excluding carboxylic acids is 2. The van der Waals surface area contributed by atoms with Crippen LogP contribution in [0.2, 0.25) is 0 Å². The number of hydrogen-bond acceptors (Lipinski definition) is 4. The van der Waals surface area contributed by atoms with Gasteiger partial charge in [-0.1, -0.05) is 18.2 Å². The molecule has 0 unspecified atom stereocenters. The quantitative estimate of drug-likeness (QED) is 0.720. The summed E-state index contributed by atoms with van der Waals surface area (Å²) in [5.41, 5.74) is 0.716. The molecule has 0 N–H and O–H groups in total. The van der Waals surface area contributed by atoms with Crippen LogP contribution in [-0.4, -0.2) is 64.8 Å². The third kappa shape index (κ3) is 4.27. The molecule has 2 amide bonds. The van der Waals surface area contributed by atoms with E-state index >= 15 is 0 Å². The van der Waals surface area contributed by atoms with Crippen molar-refractivity contribution in [1.29, 1.82) is 0 Å². The number of ether oxygens (including phenoxy) is 2. The smallest absolute Gasteiger partial charge is 0.410 e. The van der Waals surface area contributed by atoms with E-state index in [1.807, 2.05) is 56.9 Å². The lowest BCUT2D eigenvalue weighted by molar-refractivity contribution is -0.178. The highest BCUT2D eigenvalue weighted by atomic mass is 16.6. The van der Waals surface area contributed by atoms with Crippen LogP contribution in [0.25, 0.3) is 0 Å². The summed E-state index contributed by atoms with van der Waals surface area (Å²) in [6, 6.07) is 7.77. The molecule has 0 radical (unpaired) electrons. The Morgan fingerprint density at radius 1 is 0.966 bits per heavy atom. The van der Waals surface area contributed by atoms with Gasteiger partial charge < -0.3 is 19.3 Å². The minimum Gasteiger partial charge on any atom is -0.444 e. The highest BCUT2D eigenvalue weighted by molar-refractivity contribution is 5.95. The topological polar surface area (TPSA) is 59.1 Å². The Balaban J connectivity index is 1.47. The van der Waals surface area contributed by atoms with E-state index in [2.05, 4.69) is 0 Å². The maximum atomic E-state index is 13.3. The highest BCUT2D eigenvalue weighted by Crippen LogP contribution is 2.49. The molecule has 158 valence electrons. The fraction of sp³-hybridized carbons (Fsp3) is 0.652. The molecular formula is C23H32N2O4. The molecule has 2 aliphatic heterocycles. The molecule has 2 spiro atoms. The van der Waals surface area contributed by atoms with Crippen molar-refractivity contribution in [3.05, 3.63) is 35.4 Å². The first kappa shape index (κ1) is 20.2. The van der Waals surface area contributed by atoms with Crippen molar-refractivity contribution in [1.82, 2.24) is 9.80 Å². The summed E-state index contributed by atoms with van der Waals surface area (Å²) in [5, 5.41) is 0. The van der Waals surface area contributed by atoms with Crippen LogP contribution in [0.4, 0.5) is 4.79 Å². The van der Waals surface area contributed by atoms with Crippen molar-refractivity contribution in [2.24, 2.45) is 0 Å². The predicted octanol–water partition coefficient (Wildman–Crippen LogP) is 3.77. The summed E-state index contributed by atoms with van der Waals surface area (Å²) < 4.78 is 12.1. The number of amides is 2. The second-order valence-corrected chi connectivity index (χ2v) is 9.91. The molecule has 0 atom stereocenters. The number of nitrogens with zero attached hydrogens (tertiary/aromatic N) is 2. The van der Waals surface area contributed by atoms with Crippen LogP contribution in [0, 0.1) is 6.92 Å². The van der Waals surface area contributed by atoms with Crippen LogP contribution in [0.3, 0.4) is 0 Å². The largest absolute Gasteiger partial charge is 0.444 e. The van der Waals surface area contributed by atoms with Gasteiger partial charge in [-0.2, -0.15) is 0 Å². The van der Waals surface area contributed by atoms with E-state index in [4.69, 9.17) is 9.47 Å². The molecule has 2 heterocycles. The maximum Gasteiger partial charge on any atom is 0.410 e. The van der Waals surface area contributed by atoms with Gasteiger partial charge in [0.05, 0.1) is 24.3 Å². The fourth-order valence-electron chi connectivity index (χ4n) is 4.49. The van der Waals surface area contributed by atoms with E-state index in [1.165, 1.54) is 0 Å². The normalized spacial score (nSPS) is 22.6. The number of hydrogen-bond donors (Lipinski definition) is 0. The molecule has 1 saturated carbocycles.